The van der Waals surface area contributed by atoms with Gasteiger partial charge in [-0.1, -0.05) is 28.1 Å². The predicted molar refractivity (Wildman–Crippen MR) is 88.8 cm³/mol. The summed E-state index contributed by atoms with van der Waals surface area (Å²) in [5, 5.41) is 12.4. The Morgan fingerprint density at radius 1 is 1.09 bits per heavy atom. The summed E-state index contributed by atoms with van der Waals surface area (Å²) in [6, 6.07) is 14.2. The van der Waals surface area contributed by atoms with E-state index in [9.17, 15) is 4.39 Å². The van der Waals surface area contributed by atoms with Crippen molar-refractivity contribution in [3.8, 4) is 11.4 Å². The van der Waals surface area contributed by atoms with E-state index in [4.69, 9.17) is 0 Å². The summed E-state index contributed by atoms with van der Waals surface area (Å²) in [5.74, 6) is 0.206. The van der Waals surface area contributed by atoms with Gasteiger partial charge < -0.3 is 0 Å². The highest BCUT2D eigenvalue weighted by molar-refractivity contribution is 9.10. The van der Waals surface area contributed by atoms with Gasteiger partial charge in [-0.05, 0) is 54.2 Å². The molecule has 0 fully saturated rings. The van der Waals surface area contributed by atoms with Gasteiger partial charge in [-0.25, -0.2) is 4.39 Å². The smallest absolute Gasteiger partial charge is 0.204 e. The summed E-state index contributed by atoms with van der Waals surface area (Å²) in [6.45, 7) is 1.30. The van der Waals surface area contributed by atoms with E-state index in [1.165, 1.54) is 22.5 Å². The predicted octanol–water partition coefficient (Wildman–Crippen LogP) is 3.33. The molecule has 118 valence electrons. The first kappa shape index (κ1) is 15.8. The van der Waals surface area contributed by atoms with E-state index in [0.29, 0.717) is 12.5 Å². The van der Waals surface area contributed by atoms with E-state index >= 15 is 0 Å². The van der Waals surface area contributed by atoms with Gasteiger partial charge in [0.15, 0.2) is 0 Å². The largest absolute Gasteiger partial charge is 0.282 e. The highest BCUT2D eigenvalue weighted by atomic mass is 79.9. The van der Waals surface area contributed by atoms with Gasteiger partial charge >= 0.3 is 0 Å². The maximum absolute atomic E-state index is 12.9. The lowest BCUT2D eigenvalue weighted by Crippen LogP contribution is -2.23. The minimum Gasteiger partial charge on any atom is -0.282 e. The summed E-state index contributed by atoms with van der Waals surface area (Å²) in [6.07, 6.45) is 0. The fourth-order valence-electron chi connectivity index (χ4n) is 2.19. The van der Waals surface area contributed by atoms with Crippen LogP contribution in [0.3, 0.4) is 0 Å². The summed E-state index contributed by atoms with van der Waals surface area (Å²) in [5.41, 5.74) is 1.95. The molecule has 3 aromatic rings. The Bertz CT molecular complexity index is 770. The van der Waals surface area contributed by atoms with Crippen LogP contribution in [0.5, 0.6) is 0 Å². The number of aromatic nitrogens is 4. The van der Waals surface area contributed by atoms with Crippen LogP contribution in [-0.2, 0) is 13.2 Å². The molecule has 1 heterocycles. The van der Waals surface area contributed by atoms with E-state index in [0.717, 1.165) is 16.6 Å². The van der Waals surface area contributed by atoms with Crippen molar-refractivity contribution in [1.29, 1.82) is 0 Å². The summed E-state index contributed by atoms with van der Waals surface area (Å²) < 4.78 is 14.0. The number of rotatable bonds is 5. The first-order valence-corrected chi connectivity index (χ1v) is 7.86. The number of nitrogens with zero attached hydrogens (tertiary/aromatic N) is 5. The van der Waals surface area contributed by atoms with Gasteiger partial charge in [-0.15, -0.1) is 15.0 Å². The second-order valence-corrected chi connectivity index (χ2v) is 6.19. The topological polar surface area (TPSA) is 46.8 Å². The number of tetrazole rings is 1. The Kier molecular flexibility index (Phi) is 4.78. The minimum atomic E-state index is -0.282. The molecule has 0 radical (unpaired) electrons. The van der Waals surface area contributed by atoms with Crippen LogP contribution in [0.1, 0.15) is 5.56 Å². The third-order valence-corrected chi connectivity index (χ3v) is 3.82. The van der Waals surface area contributed by atoms with Gasteiger partial charge in [0, 0.05) is 16.6 Å². The van der Waals surface area contributed by atoms with Gasteiger partial charge in [0.2, 0.25) is 5.82 Å². The van der Waals surface area contributed by atoms with Crippen LogP contribution in [0.4, 0.5) is 4.39 Å². The molecular weight excluding hydrogens is 361 g/mol. The lowest BCUT2D eigenvalue weighted by Gasteiger charge is -2.15. The number of hydrogen-bond donors (Lipinski definition) is 0. The van der Waals surface area contributed by atoms with Gasteiger partial charge in [-0.3, -0.25) is 4.90 Å². The molecule has 1 aromatic heterocycles. The second-order valence-electron chi connectivity index (χ2n) is 5.27. The van der Waals surface area contributed by atoms with Crippen LogP contribution in [-0.4, -0.2) is 32.2 Å². The lowest BCUT2D eigenvalue weighted by atomic mass is 10.2. The Morgan fingerprint density at radius 3 is 2.48 bits per heavy atom. The van der Waals surface area contributed by atoms with E-state index in [-0.39, 0.29) is 5.82 Å². The highest BCUT2D eigenvalue weighted by Gasteiger charge is 2.08. The molecule has 2 aromatic carbocycles. The summed E-state index contributed by atoms with van der Waals surface area (Å²) in [7, 11) is 1.99. The molecule has 0 unspecified atom stereocenters. The molecule has 0 N–H and O–H groups in total. The Hall–Kier alpha value is -2.12. The molecule has 0 saturated heterocycles. The molecule has 23 heavy (non-hydrogen) atoms. The van der Waals surface area contributed by atoms with Crippen molar-refractivity contribution in [1.82, 2.24) is 25.1 Å². The van der Waals surface area contributed by atoms with Crippen molar-refractivity contribution in [2.24, 2.45) is 0 Å². The van der Waals surface area contributed by atoms with Crippen LogP contribution in [0.15, 0.2) is 53.0 Å². The molecule has 7 heteroatoms. The van der Waals surface area contributed by atoms with Gasteiger partial charge in [-0.2, -0.15) is 0 Å². The van der Waals surface area contributed by atoms with Crippen molar-refractivity contribution in [2.45, 2.75) is 13.2 Å². The van der Waals surface area contributed by atoms with Crippen molar-refractivity contribution in [2.75, 3.05) is 7.05 Å². The molecule has 0 atom stereocenters. The molecule has 0 saturated carbocycles. The normalized spacial score (nSPS) is 11.1. The molecule has 0 aliphatic heterocycles. The van der Waals surface area contributed by atoms with Crippen molar-refractivity contribution in [3.05, 3.63) is 64.4 Å². The van der Waals surface area contributed by atoms with Crippen LogP contribution in [0.2, 0.25) is 0 Å². The molecular formula is C16H15BrFN5. The Labute approximate surface area is 141 Å². The van der Waals surface area contributed by atoms with E-state index in [1.807, 2.05) is 19.2 Å². The summed E-state index contributed by atoms with van der Waals surface area (Å²) in [4.78, 5) is 3.61. The maximum Gasteiger partial charge on any atom is 0.204 e. The van der Waals surface area contributed by atoms with Crippen molar-refractivity contribution in [3.63, 3.8) is 0 Å². The average molecular weight is 376 g/mol. The third kappa shape index (κ3) is 4.20. The highest BCUT2D eigenvalue weighted by Crippen LogP contribution is 2.14. The van der Waals surface area contributed by atoms with Crippen molar-refractivity contribution < 1.29 is 4.39 Å². The average Bonchev–Trinajstić information content (AvgIpc) is 2.98. The third-order valence-electron chi connectivity index (χ3n) is 3.29. The quantitative estimate of drug-likeness (QED) is 0.686. The van der Waals surface area contributed by atoms with Gasteiger partial charge in [0.1, 0.15) is 12.5 Å². The summed E-state index contributed by atoms with van der Waals surface area (Å²) >= 11 is 3.43. The van der Waals surface area contributed by atoms with E-state index in [2.05, 4.69) is 48.4 Å². The van der Waals surface area contributed by atoms with Crippen molar-refractivity contribution >= 4 is 15.9 Å². The number of hydrogen-bond acceptors (Lipinski definition) is 4. The zero-order valence-corrected chi connectivity index (χ0v) is 14.1. The van der Waals surface area contributed by atoms with Gasteiger partial charge in [0.25, 0.3) is 0 Å². The first-order chi connectivity index (χ1) is 11.1. The minimum absolute atomic E-state index is 0.282. The molecule has 0 aliphatic carbocycles. The Balaban J connectivity index is 1.64. The second kappa shape index (κ2) is 6.97. The molecule has 5 nitrogen and oxygen atoms in total. The molecule has 0 aliphatic rings. The lowest BCUT2D eigenvalue weighted by molar-refractivity contribution is 0.227. The molecule has 0 bridgehead atoms. The fourth-order valence-corrected chi connectivity index (χ4v) is 2.45. The van der Waals surface area contributed by atoms with Crippen LogP contribution < -0.4 is 0 Å². The first-order valence-electron chi connectivity index (χ1n) is 7.07. The monoisotopic (exact) mass is 375 g/mol. The maximum atomic E-state index is 12.9. The molecule has 0 spiro atoms. The van der Waals surface area contributed by atoms with E-state index < -0.39 is 0 Å². The Morgan fingerprint density at radius 2 is 1.78 bits per heavy atom. The molecule has 3 rings (SSSR count). The zero-order valence-electron chi connectivity index (χ0n) is 12.5. The number of benzene rings is 2. The van der Waals surface area contributed by atoms with E-state index in [1.54, 1.807) is 12.1 Å². The van der Waals surface area contributed by atoms with Crippen LogP contribution in [0, 0.1) is 5.82 Å². The SMILES string of the molecule is CN(Cc1ccc(Br)cc1)Cn1nnc(-c2ccc(F)cc2)n1. The fraction of sp³-hybridized carbons (Fsp3) is 0.188. The van der Waals surface area contributed by atoms with Crippen LogP contribution in [0.25, 0.3) is 11.4 Å². The standard InChI is InChI=1S/C16H15BrFN5/c1-22(10-12-2-6-14(17)7-3-12)11-23-20-16(19-21-23)13-4-8-15(18)9-5-13/h2-9H,10-11H2,1H3. The van der Waals surface area contributed by atoms with Gasteiger partial charge in [0.05, 0.1) is 0 Å². The zero-order chi connectivity index (χ0) is 16.2. The molecule has 0 amide bonds. The van der Waals surface area contributed by atoms with Crippen LogP contribution >= 0.6 is 15.9 Å². The number of halogens is 2.